The zero-order chi connectivity index (χ0) is 16.0. The average molecular weight is 307 g/mol. The molecule has 1 aliphatic carbocycles. The predicted molar refractivity (Wildman–Crippen MR) is 75.9 cm³/mol. The van der Waals surface area contributed by atoms with Gasteiger partial charge in [0, 0.05) is 19.5 Å². The van der Waals surface area contributed by atoms with E-state index in [1.54, 1.807) is 0 Å². The van der Waals surface area contributed by atoms with E-state index >= 15 is 0 Å². The average Bonchev–Trinajstić information content (AvgIpc) is 2.81. The molecule has 22 heavy (non-hydrogen) atoms. The number of rotatable bonds is 2. The summed E-state index contributed by atoms with van der Waals surface area (Å²) in [5, 5.41) is 2.23. The Labute approximate surface area is 127 Å². The Bertz CT molecular complexity index is 638. The maximum atomic E-state index is 14.5. The fourth-order valence-electron chi connectivity index (χ4n) is 3.42. The Kier molecular flexibility index (Phi) is 3.60. The van der Waals surface area contributed by atoms with Gasteiger partial charge in [-0.3, -0.25) is 19.7 Å². The number of imide groups is 1. The number of amides is 3. The zero-order valence-electron chi connectivity index (χ0n) is 12.3. The van der Waals surface area contributed by atoms with Gasteiger partial charge in [-0.2, -0.15) is 0 Å². The molecular weight excluding hydrogens is 289 g/mol. The van der Waals surface area contributed by atoms with Crippen LogP contribution in [0.15, 0.2) is 22.5 Å². The van der Waals surface area contributed by atoms with Crippen LogP contribution in [0, 0.1) is 5.92 Å². The Balaban J connectivity index is 1.89. The van der Waals surface area contributed by atoms with Gasteiger partial charge in [-0.1, -0.05) is 6.92 Å². The number of hydrogen-bond acceptors (Lipinski definition) is 4. The molecule has 0 aromatic heterocycles. The van der Waals surface area contributed by atoms with Crippen LogP contribution >= 0.6 is 0 Å². The number of halogens is 1. The highest BCUT2D eigenvalue weighted by molar-refractivity contribution is 6.06. The molecule has 0 bridgehead atoms. The summed E-state index contributed by atoms with van der Waals surface area (Å²) in [5.41, 5.74) is 6.80. The first kappa shape index (κ1) is 14.9. The van der Waals surface area contributed by atoms with Crippen LogP contribution in [0.2, 0.25) is 0 Å². The molecule has 7 heteroatoms. The van der Waals surface area contributed by atoms with E-state index in [1.807, 2.05) is 6.92 Å². The molecule has 2 heterocycles. The Hall–Kier alpha value is -2.02. The van der Waals surface area contributed by atoms with Crippen LogP contribution < -0.4 is 11.1 Å². The van der Waals surface area contributed by atoms with Gasteiger partial charge in [0.1, 0.15) is 11.9 Å². The lowest BCUT2D eigenvalue weighted by Gasteiger charge is -2.30. The van der Waals surface area contributed by atoms with Gasteiger partial charge in [-0.05, 0) is 29.9 Å². The lowest BCUT2D eigenvalue weighted by atomic mass is 9.84. The van der Waals surface area contributed by atoms with E-state index in [2.05, 4.69) is 5.32 Å². The topological polar surface area (TPSA) is 92.5 Å². The number of nitrogens with two attached hydrogens (primary N) is 1. The second-order valence-electron chi connectivity index (χ2n) is 6.03. The maximum absolute atomic E-state index is 14.5. The van der Waals surface area contributed by atoms with Crippen molar-refractivity contribution >= 4 is 17.7 Å². The molecule has 3 N–H and O–H groups in total. The number of nitrogens with zero attached hydrogens (tertiary/aromatic N) is 1. The maximum Gasteiger partial charge on any atom is 0.257 e. The third-order valence-corrected chi connectivity index (χ3v) is 4.65. The molecule has 0 radical (unpaired) electrons. The van der Waals surface area contributed by atoms with E-state index in [0.717, 1.165) is 5.57 Å². The lowest BCUT2D eigenvalue weighted by Crippen LogP contribution is -2.53. The molecule has 0 saturated carbocycles. The van der Waals surface area contributed by atoms with E-state index in [-0.39, 0.29) is 43.3 Å². The molecule has 3 aliphatic rings. The summed E-state index contributed by atoms with van der Waals surface area (Å²) in [4.78, 5) is 37.1. The zero-order valence-corrected chi connectivity index (χ0v) is 12.3. The largest absolute Gasteiger partial charge is 0.327 e. The minimum atomic E-state index is -0.711. The van der Waals surface area contributed by atoms with Gasteiger partial charge in [-0.25, -0.2) is 4.39 Å². The van der Waals surface area contributed by atoms with Crippen molar-refractivity contribution in [2.24, 2.45) is 11.7 Å². The molecule has 1 saturated heterocycles. The van der Waals surface area contributed by atoms with Crippen LogP contribution in [0.1, 0.15) is 26.2 Å². The third kappa shape index (κ3) is 2.16. The molecule has 2 unspecified atom stereocenters. The van der Waals surface area contributed by atoms with Crippen LogP contribution in [0.5, 0.6) is 0 Å². The quantitative estimate of drug-likeness (QED) is 0.710. The summed E-state index contributed by atoms with van der Waals surface area (Å²) >= 11 is 0. The van der Waals surface area contributed by atoms with Crippen molar-refractivity contribution in [1.82, 2.24) is 10.2 Å². The standard InChI is InChI=1S/C15H18FN3O3/c1-7-4-8(5-17)13(16)12-9(7)6-19(15(12)22)10-2-3-11(20)18-14(10)21/h7,10H,2-6,17H2,1H3,(H,18,20,21). The number of nitrogens with one attached hydrogen (secondary N) is 1. The van der Waals surface area contributed by atoms with Gasteiger partial charge in [0.25, 0.3) is 5.91 Å². The van der Waals surface area contributed by atoms with Gasteiger partial charge in [0.2, 0.25) is 11.8 Å². The third-order valence-electron chi connectivity index (χ3n) is 4.65. The summed E-state index contributed by atoms with van der Waals surface area (Å²) in [6, 6.07) is -0.711. The fraction of sp³-hybridized carbons (Fsp3) is 0.533. The van der Waals surface area contributed by atoms with Crippen molar-refractivity contribution in [3.63, 3.8) is 0 Å². The Morgan fingerprint density at radius 3 is 2.73 bits per heavy atom. The highest BCUT2D eigenvalue weighted by Crippen LogP contribution is 2.40. The predicted octanol–water partition coefficient (Wildman–Crippen LogP) is 0.152. The molecule has 0 aromatic carbocycles. The van der Waals surface area contributed by atoms with E-state index in [0.29, 0.717) is 12.0 Å². The summed E-state index contributed by atoms with van der Waals surface area (Å²) in [7, 11) is 0. The van der Waals surface area contributed by atoms with E-state index in [4.69, 9.17) is 5.73 Å². The van der Waals surface area contributed by atoms with Crippen molar-refractivity contribution in [3.8, 4) is 0 Å². The van der Waals surface area contributed by atoms with Crippen molar-refractivity contribution in [2.75, 3.05) is 13.1 Å². The van der Waals surface area contributed by atoms with Crippen molar-refractivity contribution in [2.45, 2.75) is 32.2 Å². The molecule has 3 rings (SSSR count). The van der Waals surface area contributed by atoms with Crippen LogP contribution in [0.25, 0.3) is 0 Å². The fourth-order valence-corrected chi connectivity index (χ4v) is 3.42. The molecular formula is C15H18FN3O3. The number of piperidine rings is 1. The van der Waals surface area contributed by atoms with E-state index < -0.39 is 23.7 Å². The summed E-state index contributed by atoms with van der Waals surface area (Å²) in [5.74, 6) is -1.80. The van der Waals surface area contributed by atoms with Crippen molar-refractivity contribution < 1.29 is 18.8 Å². The molecule has 6 nitrogen and oxygen atoms in total. The van der Waals surface area contributed by atoms with E-state index in [9.17, 15) is 18.8 Å². The molecule has 2 atom stereocenters. The SMILES string of the molecule is CC1CC(CN)=C(F)C2=C1CN(C1CCC(=O)NC1=O)C2=O. The summed E-state index contributed by atoms with van der Waals surface area (Å²) in [6.07, 6.45) is 0.963. The van der Waals surface area contributed by atoms with Crippen LogP contribution in [0.4, 0.5) is 4.39 Å². The number of carbonyl (C=O) groups excluding carboxylic acids is 3. The van der Waals surface area contributed by atoms with Crippen LogP contribution in [0.3, 0.4) is 0 Å². The first-order chi connectivity index (χ1) is 10.4. The van der Waals surface area contributed by atoms with E-state index in [1.165, 1.54) is 4.90 Å². The van der Waals surface area contributed by atoms with Crippen molar-refractivity contribution in [1.29, 1.82) is 0 Å². The lowest BCUT2D eigenvalue weighted by molar-refractivity contribution is -0.142. The molecule has 1 fully saturated rings. The monoisotopic (exact) mass is 307 g/mol. The summed E-state index contributed by atoms with van der Waals surface area (Å²) < 4.78 is 14.5. The Morgan fingerprint density at radius 2 is 2.09 bits per heavy atom. The van der Waals surface area contributed by atoms with Gasteiger partial charge in [0.15, 0.2) is 0 Å². The highest BCUT2D eigenvalue weighted by Gasteiger charge is 2.44. The number of hydrogen-bond donors (Lipinski definition) is 2. The van der Waals surface area contributed by atoms with Crippen LogP contribution in [-0.4, -0.2) is 41.8 Å². The normalized spacial score (nSPS) is 29.2. The molecule has 0 aromatic rings. The molecule has 2 aliphatic heterocycles. The second kappa shape index (κ2) is 5.31. The first-order valence-electron chi connectivity index (χ1n) is 7.39. The first-order valence-corrected chi connectivity index (χ1v) is 7.39. The Morgan fingerprint density at radius 1 is 1.36 bits per heavy atom. The molecule has 118 valence electrons. The minimum absolute atomic E-state index is 0.0234. The van der Waals surface area contributed by atoms with Gasteiger partial charge >= 0.3 is 0 Å². The molecule has 0 spiro atoms. The van der Waals surface area contributed by atoms with Gasteiger partial charge in [-0.15, -0.1) is 0 Å². The summed E-state index contributed by atoms with van der Waals surface area (Å²) in [6.45, 7) is 2.25. The van der Waals surface area contributed by atoms with Crippen molar-refractivity contribution in [3.05, 3.63) is 22.5 Å². The number of carbonyl (C=O) groups is 3. The smallest absolute Gasteiger partial charge is 0.257 e. The second-order valence-corrected chi connectivity index (χ2v) is 6.03. The highest BCUT2D eigenvalue weighted by atomic mass is 19.1. The molecule has 3 amide bonds. The minimum Gasteiger partial charge on any atom is -0.327 e. The van der Waals surface area contributed by atoms with Gasteiger partial charge < -0.3 is 10.6 Å². The van der Waals surface area contributed by atoms with Gasteiger partial charge in [0.05, 0.1) is 5.57 Å². The van der Waals surface area contributed by atoms with Crippen LogP contribution in [-0.2, 0) is 14.4 Å².